The SMILES string of the molecule is CCCOc1ccc(C2c3c(oc4cc(OC)ccc4c3=O)C(=O)N2CCN(CC)CC)cc1. The smallest absolute Gasteiger partial charge is 0.290 e. The highest BCUT2D eigenvalue weighted by Gasteiger charge is 2.42. The van der Waals surface area contributed by atoms with Gasteiger partial charge in [-0.3, -0.25) is 9.59 Å². The predicted octanol–water partition coefficient (Wildman–Crippen LogP) is 4.48. The highest BCUT2D eigenvalue weighted by molar-refractivity contribution is 5.99. The average Bonchev–Trinajstić information content (AvgIpc) is 3.15. The Bertz CT molecular complexity index is 1210. The van der Waals surface area contributed by atoms with Crippen LogP contribution in [0.4, 0.5) is 0 Å². The molecule has 2 heterocycles. The summed E-state index contributed by atoms with van der Waals surface area (Å²) >= 11 is 0. The van der Waals surface area contributed by atoms with Gasteiger partial charge in [-0.1, -0.05) is 32.9 Å². The Balaban J connectivity index is 1.81. The van der Waals surface area contributed by atoms with Crippen LogP contribution < -0.4 is 14.9 Å². The van der Waals surface area contributed by atoms with Crippen molar-refractivity contribution in [2.24, 2.45) is 0 Å². The van der Waals surface area contributed by atoms with Crippen LogP contribution >= 0.6 is 0 Å². The summed E-state index contributed by atoms with van der Waals surface area (Å²) in [5.74, 6) is 1.18. The number of nitrogens with zero attached hydrogens (tertiary/aromatic N) is 2. The Morgan fingerprint density at radius 3 is 2.35 bits per heavy atom. The summed E-state index contributed by atoms with van der Waals surface area (Å²) in [7, 11) is 1.55. The van der Waals surface area contributed by atoms with Gasteiger partial charge >= 0.3 is 0 Å². The van der Waals surface area contributed by atoms with Gasteiger partial charge in [0.05, 0.1) is 30.7 Å². The molecule has 3 aromatic rings. The molecule has 0 aliphatic carbocycles. The first-order valence-electron chi connectivity index (χ1n) is 11.9. The fraction of sp³-hybridized carbons (Fsp3) is 0.407. The van der Waals surface area contributed by atoms with E-state index in [9.17, 15) is 9.59 Å². The average molecular weight is 465 g/mol. The number of fused-ring (bicyclic) bond motifs is 2. The summed E-state index contributed by atoms with van der Waals surface area (Å²) in [5.41, 5.74) is 1.41. The molecule has 1 aliphatic rings. The van der Waals surface area contributed by atoms with Crippen molar-refractivity contribution in [3.05, 3.63) is 69.6 Å². The number of ether oxygens (including phenoxy) is 2. The minimum absolute atomic E-state index is 0.113. The van der Waals surface area contributed by atoms with E-state index in [2.05, 4.69) is 25.7 Å². The number of methoxy groups -OCH3 is 1. The van der Waals surface area contributed by atoms with Gasteiger partial charge in [0.15, 0.2) is 5.43 Å². The third-order valence-corrected chi connectivity index (χ3v) is 6.40. The number of rotatable bonds is 10. The molecule has 0 saturated carbocycles. The van der Waals surface area contributed by atoms with E-state index >= 15 is 0 Å². The topological polar surface area (TPSA) is 72.2 Å². The van der Waals surface area contributed by atoms with E-state index in [-0.39, 0.29) is 17.1 Å². The molecular weight excluding hydrogens is 432 g/mol. The molecule has 0 fully saturated rings. The second kappa shape index (κ2) is 10.3. The Hall–Kier alpha value is -3.32. The Morgan fingerprint density at radius 1 is 1.00 bits per heavy atom. The lowest BCUT2D eigenvalue weighted by atomic mass is 9.98. The summed E-state index contributed by atoms with van der Waals surface area (Å²) < 4.78 is 17.0. The number of amides is 1. The lowest BCUT2D eigenvalue weighted by molar-refractivity contribution is 0.0708. The maximum Gasteiger partial charge on any atom is 0.290 e. The van der Waals surface area contributed by atoms with Crippen molar-refractivity contribution in [1.29, 1.82) is 0 Å². The van der Waals surface area contributed by atoms with Crippen LogP contribution in [-0.2, 0) is 0 Å². The Morgan fingerprint density at radius 2 is 1.71 bits per heavy atom. The van der Waals surface area contributed by atoms with Crippen LogP contribution in [0.1, 0.15) is 54.9 Å². The number of carbonyl (C=O) groups is 1. The van der Waals surface area contributed by atoms with Crippen LogP contribution in [0.2, 0.25) is 0 Å². The molecule has 1 aromatic heterocycles. The molecule has 7 nitrogen and oxygen atoms in total. The van der Waals surface area contributed by atoms with Crippen molar-refractivity contribution in [3.8, 4) is 11.5 Å². The maximum absolute atomic E-state index is 13.6. The third-order valence-electron chi connectivity index (χ3n) is 6.40. The zero-order valence-corrected chi connectivity index (χ0v) is 20.3. The molecular formula is C27H32N2O5. The van der Waals surface area contributed by atoms with Gasteiger partial charge in [0.2, 0.25) is 5.76 Å². The second-order valence-corrected chi connectivity index (χ2v) is 8.38. The van der Waals surface area contributed by atoms with Gasteiger partial charge in [0.25, 0.3) is 5.91 Å². The van der Waals surface area contributed by atoms with Gasteiger partial charge in [-0.2, -0.15) is 0 Å². The molecule has 1 unspecified atom stereocenters. The van der Waals surface area contributed by atoms with Gasteiger partial charge in [0.1, 0.15) is 17.1 Å². The highest BCUT2D eigenvalue weighted by atomic mass is 16.5. The van der Waals surface area contributed by atoms with E-state index in [0.717, 1.165) is 30.8 Å². The van der Waals surface area contributed by atoms with Crippen molar-refractivity contribution >= 4 is 16.9 Å². The molecule has 2 aromatic carbocycles. The van der Waals surface area contributed by atoms with E-state index in [1.54, 1.807) is 30.2 Å². The normalized spacial score (nSPS) is 15.3. The first-order valence-corrected chi connectivity index (χ1v) is 11.9. The zero-order chi connectivity index (χ0) is 24.2. The molecule has 180 valence electrons. The van der Waals surface area contributed by atoms with Gasteiger partial charge < -0.3 is 23.7 Å². The molecule has 4 rings (SSSR count). The molecule has 1 aliphatic heterocycles. The number of hydrogen-bond donors (Lipinski definition) is 0. The molecule has 34 heavy (non-hydrogen) atoms. The molecule has 0 saturated heterocycles. The molecule has 0 bridgehead atoms. The highest BCUT2D eigenvalue weighted by Crippen LogP contribution is 2.38. The molecule has 1 atom stereocenters. The molecule has 0 radical (unpaired) electrons. The second-order valence-electron chi connectivity index (χ2n) is 8.38. The van der Waals surface area contributed by atoms with E-state index in [4.69, 9.17) is 13.9 Å². The Labute approximate surface area is 199 Å². The fourth-order valence-corrected chi connectivity index (χ4v) is 4.46. The molecule has 0 spiro atoms. The van der Waals surface area contributed by atoms with E-state index < -0.39 is 6.04 Å². The van der Waals surface area contributed by atoms with Crippen molar-refractivity contribution in [2.45, 2.75) is 33.2 Å². The van der Waals surface area contributed by atoms with Crippen molar-refractivity contribution in [2.75, 3.05) is 39.9 Å². The van der Waals surface area contributed by atoms with Gasteiger partial charge in [-0.05, 0) is 49.3 Å². The predicted molar refractivity (Wildman–Crippen MR) is 132 cm³/mol. The van der Waals surface area contributed by atoms with Crippen molar-refractivity contribution < 1.29 is 18.7 Å². The van der Waals surface area contributed by atoms with E-state index in [1.807, 2.05) is 24.3 Å². The van der Waals surface area contributed by atoms with Gasteiger partial charge in [0, 0.05) is 19.2 Å². The lowest BCUT2D eigenvalue weighted by Crippen LogP contribution is -2.37. The van der Waals surface area contributed by atoms with E-state index in [1.165, 1.54) is 0 Å². The quantitative estimate of drug-likeness (QED) is 0.441. The Kier molecular flexibility index (Phi) is 7.22. The van der Waals surface area contributed by atoms with Crippen molar-refractivity contribution in [1.82, 2.24) is 9.80 Å². The first kappa shape index (κ1) is 23.8. The van der Waals surface area contributed by atoms with Gasteiger partial charge in [-0.25, -0.2) is 0 Å². The number of benzene rings is 2. The molecule has 0 N–H and O–H groups in total. The van der Waals surface area contributed by atoms with Crippen molar-refractivity contribution in [3.63, 3.8) is 0 Å². The molecule has 1 amide bonds. The molecule has 7 heteroatoms. The largest absolute Gasteiger partial charge is 0.497 e. The summed E-state index contributed by atoms with van der Waals surface area (Å²) in [6.07, 6.45) is 0.921. The number of hydrogen-bond acceptors (Lipinski definition) is 6. The minimum atomic E-state index is -0.513. The van der Waals surface area contributed by atoms with Crippen LogP contribution in [0.15, 0.2) is 51.7 Å². The van der Waals surface area contributed by atoms with E-state index in [0.29, 0.717) is 42.0 Å². The zero-order valence-electron chi connectivity index (χ0n) is 20.3. The standard InChI is InChI=1S/C27H32N2O5/c1-5-16-33-19-10-8-18(9-11-19)24-23-25(30)21-13-12-20(32-4)17-22(21)34-26(23)27(31)29(24)15-14-28(6-2)7-3/h8-13,17,24H,5-7,14-16H2,1-4H3. The monoisotopic (exact) mass is 464 g/mol. The van der Waals surface area contributed by atoms with Crippen LogP contribution in [0, 0.1) is 0 Å². The van der Waals surface area contributed by atoms with Crippen LogP contribution in [0.25, 0.3) is 11.0 Å². The number of carbonyl (C=O) groups excluding carboxylic acids is 1. The minimum Gasteiger partial charge on any atom is -0.497 e. The van der Waals surface area contributed by atoms with Gasteiger partial charge in [-0.15, -0.1) is 0 Å². The third kappa shape index (κ3) is 4.40. The van der Waals surface area contributed by atoms with Crippen LogP contribution in [0.3, 0.4) is 0 Å². The first-order chi connectivity index (χ1) is 16.5. The van der Waals surface area contributed by atoms with Crippen LogP contribution in [0.5, 0.6) is 11.5 Å². The number of likely N-dealkylation sites (N-methyl/N-ethyl adjacent to an activating group) is 1. The lowest BCUT2D eigenvalue weighted by Gasteiger charge is -2.28. The summed E-state index contributed by atoms with van der Waals surface area (Å²) in [6.45, 7) is 9.87. The summed E-state index contributed by atoms with van der Waals surface area (Å²) in [4.78, 5) is 31.2. The maximum atomic E-state index is 13.6. The van der Waals surface area contributed by atoms with Crippen LogP contribution in [-0.4, -0.2) is 55.6 Å². The fourth-order valence-electron chi connectivity index (χ4n) is 4.46. The summed E-state index contributed by atoms with van der Waals surface area (Å²) in [5, 5.41) is 0.436. The summed E-state index contributed by atoms with van der Waals surface area (Å²) in [6, 6.07) is 12.2.